The molecule has 114 valence electrons. The lowest BCUT2D eigenvalue weighted by molar-refractivity contribution is -0.141. The molecule has 4 N–H and O–H groups in total. The SMILES string of the molecule is COC(=O)CC1(CSCc2ccc(C(N)=O)cc2N)CC1. The van der Waals surface area contributed by atoms with Gasteiger partial charge in [0.1, 0.15) is 0 Å². The van der Waals surface area contributed by atoms with Crippen LogP contribution in [-0.2, 0) is 15.3 Å². The third kappa shape index (κ3) is 4.14. The fourth-order valence-electron chi connectivity index (χ4n) is 2.18. The van der Waals surface area contributed by atoms with E-state index in [1.54, 1.807) is 23.9 Å². The van der Waals surface area contributed by atoms with Crippen LogP contribution in [0.25, 0.3) is 0 Å². The van der Waals surface area contributed by atoms with Gasteiger partial charge in [-0.05, 0) is 41.7 Å². The molecular weight excluding hydrogens is 288 g/mol. The van der Waals surface area contributed by atoms with E-state index in [1.807, 2.05) is 6.07 Å². The number of carbonyl (C=O) groups is 2. The zero-order valence-electron chi connectivity index (χ0n) is 12.1. The van der Waals surface area contributed by atoms with Crippen molar-refractivity contribution in [2.45, 2.75) is 25.0 Å². The predicted octanol–water partition coefficient (Wildman–Crippen LogP) is 1.94. The van der Waals surface area contributed by atoms with Crippen LogP contribution in [0, 0.1) is 5.41 Å². The van der Waals surface area contributed by atoms with Crippen LogP contribution in [0.15, 0.2) is 18.2 Å². The number of hydrogen-bond donors (Lipinski definition) is 2. The van der Waals surface area contributed by atoms with Gasteiger partial charge in [-0.2, -0.15) is 11.8 Å². The van der Waals surface area contributed by atoms with Gasteiger partial charge >= 0.3 is 5.97 Å². The number of benzene rings is 1. The number of nitrogens with two attached hydrogens (primary N) is 2. The molecule has 1 aliphatic carbocycles. The highest BCUT2D eigenvalue weighted by atomic mass is 32.2. The van der Waals surface area contributed by atoms with E-state index in [0.717, 1.165) is 29.9 Å². The minimum absolute atomic E-state index is 0.111. The summed E-state index contributed by atoms with van der Waals surface area (Å²) >= 11 is 1.75. The minimum atomic E-state index is -0.476. The molecule has 0 aromatic heterocycles. The highest BCUT2D eigenvalue weighted by molar-refractivity contribution is 7.98. The Morgan fingerprint density at radius 3 is 2.62 bits per heavy atom. The van der Waals surface area contributed by atoms with Crippen LogP contribution in [0.3, 0.4) is 0 Å². The normalized spacial score (nSPS) is 15.5. The number of nitrogen functional groups attached to an aromatic ring is 1. The van der Waals surface area contributed by atoms with Crippen molar-refractivity contribution in [2.75, 3.05) is 18.6 Å². The minimum Gasteiger partial charge on any atom is -0.469 e. The maximum absolute atomic E-state index is 11.4. The number of ether oxygens (including phenoxy) is 1. The van der Waals surface area contributed by atoms with Crippen LogP contribution in [-0.4, -0.2) is 24.7 Å². The molecule has 0 saturated heterocycles. The Bertz CT molecular complexity index is 556. The Morgan fingerprint density at radius 1 is 1.38 bits per heavy atom. The standard InChI is InChI=1S/C15H20N2O3S/c1-20-13(18)7-15(4-5-15)9-21-8-11-3-2-10(14(17)19)6-12(11)16/h2-3,6H,4-5,7-9,16H2,1H3,(H2,17,19). The van der Waals surface area contributed by atoms with Gasteiger partial charge in [0, 0.05) is 17.0 Å². The Labute approximate surface area is 128 Å². The molecule has 0 atom stereocenters. The van der Waals surface area contributed by atoms with E-state index >= 15 is 0 Å². The van der Waals surface area contributed by atoms with Crippen LogP contribution in [0.5, 0.6) is 0 Å². The summed E-state index contributed by atoms with van der Waals surface area (Å²) in [5, 5.41) is 0. The molecule has 0 bridgehead atoms. The average molecular weight is 308 g/mol. The Balaban J connectivity index is 1.86. The number of carbonyl (C=O) groups excluding carboxylic acids is 2. The van der Waals surface area contributed by atoms with Crippen molar-refractivity contribution in [1.29, 1.82) is 0 Å². The van der Waals surface area contributed by atoms with E-state index in [1.165, 1.54) is 7.11 Å². The van der Waals surface area contributed by atoms with Gasteiger partial charge in [-0.25, -0.2) is 0 Å². The molecule has 1 saturated carbocycles. The summed E-state index contributed by atoms with van der Waals surface area (Å²) < 4.78 is 4.73. The molecule has 1 aromatic carbocycles. The second-order valence-electron chi connectivity index (χ2n) is 5.52. The molecular formula is C15H20N2O3S. The number of amides is 1. The molecule has 0 heterocycles. The van der Waals surface area contributed by atoms with E-state index < -0.39 is 5.91 Å². The molecule has 5 nitrogen and oxygen atoms in total. The number of thioether (sulfide) groups is 1. The fourth-order valence-corrected chi connectivity index (χ4v) is 3.59. The number of hydrogen-bond acceptors (Lipinski definition) is 5. The van der Waals surface area contributed by atoms with E-state index in [2.05, 4.69) is 0 Å². The summed E-state index contributed by atoms with van der Waals surface area (Å²) in [5.41, 5.74) is 13.2. The molecule has 0 radical (unpaired) electrons. The van der Waals surface area contributed by atoms with Crippen molar-refractivity contribution in [1.82, 2.24) is 0 Å². The van der Waals surface area contributed by atoms with Crippen LogP contribution < -0.4 is 11.5 Å². The van der Waals surface area contributed by atoms with Crippen LogP contribution in [0.1, 0.15) is 35.2 Å². The topological polar surface area (TPSA) is 95.4 Å². The Kier molecular flexibility index (Phi) is 4.77. The summed E-state index contributed by atoms with van der Waals surface area (Å²) in [5.74, 6) is 1.06. The summed E-state index contributed by atoms with van der Waals surface area (Å²) in [7, 11) is 1.42. The molecule has 21 heavy (non-hydrogen) atoms. The van der Waals surface area contributed by atoms with Crippen LogP contribution in [0.2, 0.25) is 0 Å². The maximum atomic E-state index is 11.4. The lowest BCUT2D eigenvalue weighted by atomic mass is 10.1. The molecule has 1 fully saturated rings. The lowest BCUT2D eigenvalue weighted by Crippen LogP contribution is -2.13. The van der Waals surface area contributed by atoms with Gasteiger partial charge in [-0.3, -0.25) is 9.59 Å². The highest BCUT2D eigenvalue weighted by Gasteiger charge is 2.44. The summed E-state index contributed by atoms with van der Waals surface area (Å²) in [6.07, 6.45) is 2.64. The molecule has 2 rings (SSSR count). The lowest BCUT2D eigenvalue weighted by Gasteiger charge is -2.13. The zero-order chi connectivity index (χ0) is 15.5. The Morgan fingerprint density at radius 2 is 2.10 bits per heavy atom. The highest BCUT2D eigenvalue weighted by Crippen LogP contribution is 2.51. The van der Waals surface area contributed by atoms with Crippen molar-refractivity contribution in [3.63, 3.8) is 0 Å². The van der Waals surface area contributed by atoms with Crippen molar-refractivity contribution in [3.8, 4) is 0 Å². The second kappa shape index (κ2) is 6.39. The van der Waals surface area contributed by atoms with Crippen LogP contribution in [0.4, 0.5) is 5.69 Å². The van der Waals surface area contributed by atoms with Gasteiger partial charge in [0.25, 0.3) is 0 Å². The summed E-state index contributed by atoms with van der Waals surface area (Å²) in [4.78, 5) is 22.4. The van der Waals surface area contributed by atoms with E-state index in [0.29, 0.717) is 17.7 Å². The molecule has 6 heteroatoms. The third-order valence-electron chi connectivity index (χ3n) is 3.80. The predicted molar refractivity (Wildman–Crippen MR) is 83.8 cm³/mol. The monoisotopic (exact) mass is 308 g/mol. The molecule has 1 aromatic rings. The number of anilines is 1. The van der Waals surface area contributed by atoms with Gasteiger partial charge in [0.2, 0.25) is 5.91 Å². The number of rotatable bonds is 7. The first-order chi connectivity index (χ1) is 9.96. The zero-order valence-corrected chi connectivity index (χ0v) is 12.9. The van der Waals surface area contributed by atoms with Crippen molar-refractivity contribution in [2.24, 2.45) is 11.1 Å². The van der Waals surface area contributed by atoms with Gasteiger partial charge in [0.05, 0.1) is 13.5 Å². The van der Waals surface area contributed by atoms with Gasteiger partial charge in [-0.15, -0.1) is 0 Å². The summed E-state index contributed by atoms with van der Waals surface area (Å²) in [6.45, 7) is 0. The van der Waals surface area contributed by atoms with Crippen LogP contribution >= 0.6 is 11.8 Å². The molecule has 1 aliphatic rings. The van der Waals surface area contributed by atoms with Gasteiger partial charge in [-0.1, -0.05) is 6.07 Å². The van der Waals surface area contributed by atoms with Gasteiger partial charge < -0.3 is 16.2 Å². The van der Waals surface area contributed by atoms with E-state index in [-0.39, 0.29) is 11.4 Å². The fraction of sp³-hybridized carbons (Fsp3) is 0.467. The first-order valence-corrected chi connectivity index (χ1v) is 7.94. The largest absolute Gasteiger partial charge is 0.469 e. The van der Waals surface area contributed by atoms with E-state index in [4.69, 9.17) is 16.2 Å². The first kappa shape index (κ1) is 15.7. The quantitative estimate of drug-likeness (QED) is 0.593. The molecule has 1 amide bonds. The third-order valence-corrected chi connectivity index (χ3v) is 5.13. The second-order valence-corrected chi connectivity index (χ2v) is 6.51. The van der Waals surface area contributed by atoms with E-state index in [9.17, 15) is 9.59 Å². The molecule has 0 spiro atoms. The average Bonchev–Trinajstić information content (AvgIpc) is 3.20. The molecule has 0 aliphatic heterocycles. The summed E-state index contributed by atoms with van der Waals surface area (Å²) in [6, 6.07) is 5.14. The van der Waals surface area contributed by atoms with Crippen molar-refractivity contribution < 1.29 is 14.3 Å². The smallest absolute Gasteiger partial charge is 0.306 e. The van der Waals surface area contributed by atoms with Gasteiger partial charge in [0.15, 0.2) is 0 Å². The van der Waals surface area contributed by atoms with Crippen molar-refractivity contribution in [3.05, 3.63) is 29.3 Å². The first-order valence-electron chi connectivity index (χ1n) is 6.78. The number of methoxy groups -OCH3 is 1. The van der Waals surface area contributed by atoms with Crippen molar-refractivity contribution >= 4 is 29.3 Å². The maximum Gasteiger partial charge on any atom is 0.306 e. The number of primary amides is 1. The Hall–Kier alpha value is -1.69. The molecule has 0 unspecified atom stereocenters. The number of esters is 1.